The second-order valence-electron chi connectivity index (χ2n) is 4.60. The van der Waals surface area contributed by atoms with Gasteiger partial charge in [0.25, 0.3) is 0 Å². The quantitative estimate of drug-likeness (QED) is 0.902. The molecule has 0 atom stereocenters. The Hall–Kier alpha value is -1.22. The highest BCUT2D eigenvalue weighted by Crippen LogP contribution is 2.53. The summed E-state index contributed by atoms with van der Waals surface area (Å²) in [7, 11) is 1.55. The van der Waals surface area contributed by atoms with E-state index >= 15 is 0 Å². The van der Waals surface area contributed by atoms with Crippen LogP contribution in [0.1, 0.15) is 29.5 Å². The van der Waals surface area contributed by atoms with Gasteiger partial charge in [-0.05, 0) is 38.3 Å². The Balaban J connectivity index is 2.66. The van der Waals surface area contributed by atoms with E-state index in [1.165, 1.54) is 0 Å². The van der Waals surface area contributed by atoms with Gasteiger partial charge in [0.15, 0.2) is 0 Å². The van der Waals surface area contributed by atoms with E-state index < -0.39 is 11.4 Å². The third-order valence-electron chi connectivity index (χ3n) is 3.50. The lowest BCUT2D eigenvalue weighted by molar-refractivity contribution is -0.140. The topological polar surface area (TPSA) is 46.5 Å². The lowest BCUT2D eigenvalue weighted by Crippen LogP contribution is -2.21. The number of hydrogen-bond donors (Lipinski definition) is 1. The number of carbonyl (C=O) groups is 1. The van der Waals surface area contributed by atoms with Gasteiger partial charge < -0.3 is 9.84 Å². The van der Waals surface area contributed by atoms with Gasteiger partial charge in [-0.1, -0.05) is 11.6 Å². The first-order valence-corrected chi connectivity index (χ1v) is 5.89. The first-order valence-electron chi connectivity index (χ1n) is 5.51. The van der Waals surface area contributed by atoms with Crippen LogP contribution in [0.5, 0.6) is 5.75 Å². The molecule has 1 N–H and O–H groups in total. The SMILES string of the molecule is COc1c(C2(C(=O)O)CC2)cc(C)c(Cl)c1C. The molecule has 0 radical (unpaired) electrons. The number of rotatable bonds is 3. The van der Waals surface area contributed by atoms with E-state index in [0.717, 1.165) is 16.7 Å². The number of halogens is 1. The van der Waals surface area contributed by atoms with Crippen LogP contribution in [0, 0.1) is 13.8 Å². The minimum atomic E-state index is -0.781. The van der Waals surface area contributed by atoms with E-state index in [4.69, 9.17) is 16.3 Å². The molecule has 3 nitrogen and oxygen atoms in total. The van der Waals surface area contributed by atoms with Crippen molar-refractivity contribution in [2.45, 2.75) is 32.1 Å². The predicted octanol–water partition coefficient (Wildman–Crippen LogP) is 3.08. The van der Waals surface area contributed by atoms with E-state index in [1.807, 2.05) is 19.9 Å². The van der Waals surface area contributed by atoms with Crippen LogP contribution in [-0.4, -0.2) is 18.2 Å². The number of benzene rings is 1. The number of ether oxygens (including phenoxy) is 1. The fourth-order valence-corrected chi connectivity index (χ4v) is 2.43. The Morgan fingerprint density at radius 1 is 1.47 bits per heavy atom. The van der Waals surface area contributed by atoms with Crippen molar-refractivity contribution in [1.82, 2.24) is 0 Å². The predicted molar refractivity (Wildman–Crippen MR) is 66.0 cm³/mol. The van der Waals surface area contributed by atoms with Gasteiger partial charge in [-0.2, -0.15) is 0 Å². The summed E-state index contributed by atoms with van der Waals surface area (Å²) < 4.78 is 5.34. The third kappa shape index (κ3) is 1.69. The second kappa shape index (κ2) is 3.91. The summed E-state index contributed by atoms with van der Waals surface area (Å²) in [6.07, 6.45) is 1.33. The molecule has 1 aliphatic carbocycles. The summed E-state index contributed by atoms with van der Waals surface area (Å²) in [5, 5.41) is 9.98. The van der Waals surface area contributed by atoms with Crippen molar-refractivity contribution in [1.29, 1.82) is 0 Å². The number of carboxylic acid groups (broad SMARTS) is 1. The van der Waals surface area contributed by atoms with Crippen molar-refractivity contribution in [3.63, 3.8) is 0 Å². The Morgan fingerprint density at radius 3 is 2.47 bits per heavy atom. The highest BCUT2D eigenvalue weighted by atomic mass is 35.5. The van der Waals surface area contributed by atoms with Crippen molar-refractivity contribution >= 4 is 17.6 Å². The first kappa shape index (κ1) is 12.2. The monoisotopic (exact) mass is 254 g/mol. The number of hydrogen-bond acceptors (Lipinski definition) is 2. The molecule has 0 unspecified atom stereocenters. The summed E-state index contributed by atoms with van der Waals surface area (Å²) in [5.41, 5.74) is 1.71. The zero-order chi connectivity index (χ0) is 12.8. The highest BCUT2D eigenvalue weighted by Gasteiger charge is 2.53. The average Bonchev–Trinajstić information content (AvgIpc) is 3.06. The summed E-state index contributed by atoms with van der Waals surface area (Å²) in [6.45, 7) is 3.74. The zero-order valence-electron chi connectivity index (χ0n) is 10.1. The Kier molecular flexibility index (Phi) is 2.82. The highest BCUT2D eigenvalue weighted by molar-refractivity contribution is 6.32. The Labute approximate surface area is 105 Å². The molecule has 1 fully saturated rings. The van der Waals surface area contributed by atoms with Gasteiger partial charge in [0.05, 0.1) is 17.5 Å². The Bertz CT molecular complexity index is 490. The third-order valence-corrected chi connectivity index (χ3v) is 4.08. The van der Waals surface area contributed by atoms with Gasteiger partial charge in [-0.3, -0.25) is 4.79 Å². The molecule has 0 saturated heterocycles. The molecule has 17 heavy (non-hydrogen) atoms. The van der Waals surface area contributed by atoms with Gasteiger partial charge in [-0.15, -0.1) is 0 Å². The van der Waals surface area contributed by atoms with Gasteiger partial charge in [0, 0.05) is 11.1 Å². The van der Waals surface area contributed by atoms with Crippen molar-refractivity contribution in [3.05, 3.63) is 27.8 Å². The molecule has 1 saturated carbocycles. The van der Waals surface area contributed by atoms with Crippen LogP contribution < -0.4 is 4.74 Å². The van der Waals surface area contributed by atoms with Gasteiger partial charge in [0.2, 0.25) is 0 Å². The molecular formula is C13H15ClO3. The maximum Gasteiger partial charge on any atom is 0.314 e. The molecule has 4 heteroatoms. The summed E-state index contributed by atoms with van der Waals surface area (Å²) in [5.74, 6) is -0.169. The van der Waals surface area contributed by atoms with Crippen LogP contribution in [0.2, 0.25) is 5.02 Å². The van der Waals surface area contributed by atoms with Gasteiger partial charge in [0.1, 0.15) is 5.75 Å². The summed E-state index contributed by atoms with van der Waals surface area (Å²) >= 11 is 6.16. The van der Waals surface area contributed by atoms with Crippen LogP contribution in [0.4, 0.5) is 0 Å². The van der Waals surface area contributed by atoms with E-state index in [-0.39, 0.29) is 0 Å². The normalized spacial score (nSPS) is 16.7. The van der Waals surface area contributed by atoms with Crippen molar-refractivity contribution < 1.29 is 14.6 Å². The lowest BCUT2D eigenvalue weighted by atomic mass is 9.91. The lowest BCUT2D eigenvalue weighted by Gasteiger charge is -2.19. The second-order valence-corrected chi connectivity index (χ2v) is 4.98. The fourth-order valence-electron chi connectivity index (χ4n) is 2.28. The summed E-state index contributed by atoms with van der Waals surface area (Å²) in [6, 6.07) is 1.84. The molecule has 92 valence electrons. The number of carboxylic acids is 1. The molecule has 1 aromatic rings. The molecule has 0 aliphatic heterocycles. The van der Waals surface area contributed by atoms with E-state index in [0.29, 0.717) is 23.6 Å². The molecule has 0 heterocycles. The minimum absolute atomic E-state index is 0.612. The van der Waals surface area contributed by atoms with Crippen molar-refractivity contribution in [3.8, 4) is 5.75 Å². The summed E-state index contributed by atoms with van der Waals surface area (Å²) in [4.78, 5) is 11.4. The number of aryl methyl sites for hydroxylation is 1. The molecule has 0 spiro atoms. The van der Waals surface area contributed by atoms with E-state index in [2.05, 4.69) is 0 Å². The smallest absolute Gasteiger partial charge is 0.314 e. The minimum Gasteiger partial charge on any atom is -0.496 e. The van der Waals surface area contributed by atoms with Gasteiger partial charge in [-0.25, -0.2) is 0 Å². The molecule has 0 bridgehead atoms. The maximum absolute atomic E-state index is 11.4. The molecule has 1 aliphatic rings. The van der Waals surface area contributed by atoms with Crippen LogP contribution in [0.3, 0.4) is 0 Å². The van der Waals surface area contributed by atoms with Gasteiger partial charge >= 0.3 is 5.97 Å². The van der Waals surface area contributed by atoms with E-state index in [9.17, 15) is 9.90 Å². The first-order chi connectivity index (χ1) is 7.94. The fraction of sp³-hybridized carbons (Fsp3) is 0.462. The molecular weight excluding hydrogens is 240 g/mol. The molecule has 0 amide bonds. The molecule has 0 aromatic heterocycles. The van der Waals surface area contributed by atoms with Crippen LogP contribution in [0.15, 0.2) is 6.07 Å². The Morgan fingerprint density at radius 2 is 2.06 bits per heavy atom. The van der Waals surface area contributed by atoms with Crippen LogP contribution in [-0.2, 0) is 10.2 Å². The number of methoxy groups -OCH3 is 1. The maximum atomic E-state index is 11.4. The standard InChI is InChI=1S/C13H15ClO3/c1-7-6-9(13(4-5-13)12(15)16)11(17-3)8(2)10(7)14/h6H,4-5H2,1-3H3,(H,15,16). The van der Waals surface area contributed by atoms with Crippen LogP contribution in [0.25, 0.3) is 0 Å². The molecule has 1 aromatic carbocycles. The average molecular weight is 255 g/mol. The molecule has 2 rings (SSSR count). The van der Waals surface area contributed by atoms with E-state index in [1.54, 1.807) is 7.11 Å². The largest absolute Gasteiger partial charge is 0.496 e. The van der Waals surface area contributed by atoms with Crippen LogP contribution >= 0.6 is 11.6 Å². The van der Waals surface area contributed by atoms with Crippen molar-refractivity contribution in [2.75, 3.05) is 7.11 Å². The van der Waals surface area contributed by atoms with Crippen molar-refractivity contribution in [2.24, 2.45) is 0 Å². The number of aliphatic carboxylic acids is 1. The zero-order valence-corrected chi connectivity index (χ0v) is 10.9.